The SMILES string of the molecule is O=C(Cn1cnc2ccc(Br)cc2c1=O)NCCOCC(F)(F)F. The summed E-state index contributed by atoms with van der Waals surface area (Å²) >= 11 is 3.26. The standard InChI is InChI=1S/C14H13BrF3N3O3/c15-9-1-2-11-10(5-9)13(23)21(8-20-11)6-12(22)19-3-4-24-7-14(16,17)18/h1-2,5,8H,3-4,6-7H2,(H,19,22). The summed E-state index contributed by atoms with van der Waals surface area (Å²) < 4.78 is 41.8. The van der Waals surface area contributed by atoms with Crippen molar-refractivity contribution in [1.29, 1.82) is 0 Å². The number of nitrogens with one attached hydrogen (secondary N) is 1. The molecule has 2 aromatic rings. The van der Waals surface area contributed by atoms with Crippen molar-refractivity contribution in [1.82, 2.24) is 14.9 Å². The third-order valence-corrected chi connectivity index (χ3v) is 3.43. The highest BCUT2D eigenvalue weighted by Crippen LogP contribution is 2.15. The van der Waals surface area contributed by atoms with Crippen LogP contribution in [0, 0.1) is 0 Å². The Kier molecular flexibility index (Phi) is 5.94. The second kappa shape index (κ2) is 7.75. The van der Waals surface area contributed by atoms with Crippen molar-refractivity contribution in [3.63, 3.8) is 0 Å². The monoisotopic (exact) mass is 407 g/mol. The van der Waals surface area contributed by atoms with E-state index < -0.39 is 18.7 Å². The molecule has 1 aromatic heterocycles. The fourth-order valence-corrected chi connectivity index (χ4v) is 2.27. The first-order valence-electron chi connectivity index (χ1n) is 6.82. The van der Waals surface area contributed by atoms with E-state index in [1.807, 2.05) is 0 Å². The number of hydrogen-bond donors (Lipinski definition) is 1. The van der Waals surface area contributed by atoms with E-state index >= 15 is 0 Å². The van der Waals surface area contributed by atoms with Crippen molar-refractivity contribution < 1.29 is 22.7 Å². The predicted octanol–water partition coefficient (Wildman–Crippen LogP) is 1.85. The van der Waals surface area contributed by atoms with Crippen molar-refractivity contribution in [3.8, 4) is 0 Å². The molecule has 0 aliphatic carbocycles. The molecule has 130 valence electrons. The summed E-state index contributed by atoms with van der Waals surface area (Å²) in [4.78, 5) is 28.1. The Balaban J connectivity index is 1.91. The van der Waals surface area contributed by atoms with Crippen LogP contribution in [0.4, 0.5) is 13.2 Å². The minimum atomic E-state index is -4.40. The Morgan fingerprint density at radius 2 is 2.12 bits per heavy atom. The molecule has 1 heterocycles. The zero-order valence-corrected chi connectivity index (χ0v) is 13.9. The Labute approximate surface area is 142 Å². The molecule has 1 amide bonds. The highest BCUT2D eigenvalue weighted by Gasteiger charge is 2.27. The van der Waals surface area contributed by atoms with Crippen LogP contribution in [0.5, 0.6) is 0 Å². The van der Waals surface area contributed by atoms with Gasteiger partial charge in [-0.2, -0.15) is 13.2 Å². The lowest BCUT2D eigenvalue weighted by molar-refractivity contribution is -0.173. The quantitative estimate of drug-likeness (QED) is 0.741. The van der Waals surface area contributed by atoms with Gasteiger partial charge in [-0.3, -0.25) is 14.2 Å². The molecule has 0 spiro atoms. The first-order valence-corrected chi connectivity index (χ1v) is 7.61. The highest BCUT2D eigenvalue weighted by molar-refractivity contribution is 9.10. The highest BCUT2D eigenvalue weighted by atomic mass is 79.9. The van der Waals surface area contributed by atoms with Crippen molar-refractivity contribution in [2.75, 3.05) is 19.8 Å². The van der Waals surface area contributed by atoms with E-state index in [-0.39, 0.29) is 25.3 Å². The summed E-state index contributed by atoms with van der Waals surface area (Å²) in [7, 11) is 0. The lowest BCUT2D eigenvalue weighted by Crippen LogP contribution is -2.34. The van der Waals surface area contributed by atoms with Crippen LogP contribution in [0.3, 0.4) is 0 Å². The number of rotatable bonds is 6. The molecular formula is C14H13BrF3N3O3. The summed E-state index contributed by atoms with van der Waals surface area (Å²) in [6.45, 7) is -2.02. The maximum Gasteiger partial charge on any atom is 0.411 e. The van der Waals surface area contributed by atoms with E-state index in [4.69, 9.17) is 0 Å². The molecule has 0 saturated carbocycles. The van der Waals surface area contributed by atoms with Crippen LogP contribution in [0.2, 0.25) is 0 Å². The van der Waals surface area contributed by atoms with Gasteiger partial charge in [-0.1, -0.05) is 15.9 Å². The molecule has 1 N–H and O–H groups in total. The van der Waals surface area contributed by atoms with E-state index in [0.717, 1.165) is 4.57 Å². The number of ether oxygens (including phenoxy) is 1. The molecule has 24 heavy (non-hydrogen) atoms. The van der Waals surface area contributed by atoms with Crippen molar-refractivity contribution in [2.24, 2.45) is 0 Å². The van der Waals surface area contributed by atoms with Crippen molar-refractivity contribution in [2.45, 2.75) is 12.7 Å². The molecule has 10 heteroatoms. The van der Waals surface area contributed by atoms with Gasteiger partial charge in [0.2, 0.25) is 5.91 Å². The molecule has 0 aliphatic rings. The smallest absolute Gasteiger partial charge is 0.370 e. The number of nitrogens with zero attached hydrogens (tertiary/aromatic N) is 2. The average molecular weight is 408 g/mol. The average Bonchev–Trinajstić information content (AvgIpc) is 2.49. The Hall–Kier alpha value is -1.94. The van der Waals surface area contributed by atoms with Crippen LogP contribution >= 0.6 is 15.9 Å². The third kappa shape index (κ3) is 5.31. The van der Waals surface area contributed by atoms with Crippen molar-refractivity contribution in [3.05, 3.63) is 39.4 Å². The number of carbonyl (C=O) groups is 1. The molecule has 0 fully saturated rings. The van der Waals surface area contributed by atoms with Crippen LogP contribution in [0.15, 0.2) is 33.8 Å². The number of aromatic nitrogens is 2. The lowest BCUT2D eigenvalue weighted by atomic mass is 10.2. The first kappa shape index (κ1) is 18.4. The summed E-state index contributed by atoms with van der Waals surface area (Å²) in [5, 5.41) is 2.73. The largest absolute Gasteiger partial charge is 0.411 e. The summed E-state index contributed by atoms with van der Waals surface area (Å²) in [6, 6.07) is 5.01. The molecular weight excluding hydrogens is 395 g/mol. The topological polar surface area (TPSA) is 73.2 Å². The molecule has 2 rings (SSSR count). The number of halogens is 4. The van der Waals surface area contributed by atoms with Crippen molar-refractivity contribution >= 4 is 32.7 Å². The molecule has 0 saturated heterocycles. The van der Waals surface area contributed by atoms with E-state index in [1.54, 1.807) is 18.2 Å². The Bertz CT molecular complexity index is 792. The Morgan fingerprint density at radius 1 is 1.38 bits per heavy atom. The van der Waals surface area contributed by atoms with Crippen LogP contribution in [-0.2, 0) is 16.1 Å². The van der Waals surface area contributed by atoms with E-state index in [9.17, 15) is 22.8 Å². The lowest BCUT2D eigenvalue weighted by Gasteiger charge is -2.09. The maximum absolute atomic E-state index is 12.3. The number of hydrogen-bond acceptors (Lipinski definition) is 4. The van der Waals surface area contributed by atoms with E-state index in [1.165, 1.54) is 6.33 Å². The van der Waals surface area contributed by atoms with Gasteiger partial charge < -0.3 is 10.1 Å². The number of fused-ring (bicyclic) bond motifs is 1. The molecule has 6 nitrogen and oxygen atoms in total. The van der Waals surface area contributed by atoms with Crippen LogP contribution < -0.4 is 10.9 Å². The second-order valence-corrected chi connectivity index (χ2v) is 5.77. The molecule has 0 atom stereocenters. The number of benzene rings is 1. The molecule has 0 bridgehead atoms. The number of alkyl halides is 3. The fourth-order valence-electron chi connectivity index (χ4n) is 1.90. The zero-order valence-electron chi connectivity index (χ0n) is 12.3. The third-order valence-electron chi connectivity index (χ3n) is 2.93. The van der Waals surface area contributed by atoms with Gasteiger partial charge in [0.25, 0.3) is 5.56 Å². The van der Waals surface area contributed by atoms with Gasteiger partial charge >= 0.3 is 6.18 Å². The fraction of sp³-hybridized carbons (Fsp3) is 0.357. The summed E-state index contributed by atoms with van der Waals surface area (Å²) in [5.41, 5.74) is 0.116. The minimum Gasteiger partial charge on any atom is -0.370 e. The molecule has 1 aromatic carbocycles. The van der Waals surface area contributed by atoms with Crippen LogP contribution in [0.25, 0.3) is 10.9 Å². The second-order valence-electron chi connectivity index (χ2n) is 4.86. The molecule has 0 radical (unpaired) electrons. The van der Waals surface area contributed by atoms with Gasteiger partial charge in [0.05, 0.1) is 23.8 Å². The number of carbonyl (C=O) groups excluding carboxylic acids is 1. The molecule has 0 unspecified atom stereocenters. The summed E-state index contributed by atoms with van der Waals surface area (Å²) in [6.07, 6.45) is -3.15. The van der Waals surface area contributed by atoms with Gasteiger partial charge in [0.15, 0.2) is 0 Å². The first-order chi connectivity index (χ1) is 11.3. The van der Waals surface area contributed by atoms with Gasteiger partial charge in [-0.15, -0.1) is 0 Å². The van der Waals surface area contributed by atoms with Gasteiger partial charge in [0, 0.05) is 11.0 Å². The normalized spacial score (nSPS) is 11.7. The van der Waals surface area contributed by atoms with Gasteiger partial charge in [-0.05, 0) is 18.2 Å². The summed E-state index contributed by atoms with van der Waals surface area (Å²) in [5.74, 6) is -0.524. The van der Waals surface area contributed by atoms with Gasteiger partial charge in [-0.25, -0.2) is 4.98 Å². The van der Waals surface area contributed by atoms with Gasteiger partial charge in [0.1, 0.15) is 13.2 Å². The molecule has 0 aliphatic heterocycles. The van der Waals surface area contributed by atoms with Crippen LogP contribution in [-0.4, -0.2) is 41.4 Å². The number of amides is 1. The van der Waals surface area contributed by atoms with E-state index in [0.29, 0.717) is 15.4 Å². The van der Waals surface area contributed by atoms with E-state index in [2.05, 4.69) is 31.0 Å². The maximum atomic E-state index is 12.3. The van der Waals surface area contributed by atoms with Crippen LogP contribution in [0.1, 0.15) is 0 Å². The predicted molar refractivity (Wildman–Crippen MR) is 83.6 cm³/mol. The minimum absolute atomic E-state index is 0.0871. The Morgan fingerprint density at radius 3 is 2.83 bits per heavy atom. The zero-order chi connectivity index (χ0) is 17.7.